The standard InChI is InChI=1S/C13H11ClN2O2S/c14-11-6-2-1-5-10(11)12-9-16(12)19(17,18)13-7-3-4-8-15-13/h1-8,12H,9H2. The summed E-state index contributed by atoms with van der Waals surface area (Å²) in [5.74, 6) is 0. The topological polar surface area (TPSA) is 50.0 Å². The summed E-state index contributed by atoms with van der Waals surface area (Å²) in [7, 11) is -3.52. The third-order valence-electron chi connectivity index (χ3n) is 3.04. The molecule has 0 amide bonds. The van der Waals surface area contributed by atoms with Crippen molar-refractivity contribution in [2.45, 2.75) is 11.1 Å². The van der Waals surface area contributed by atoms with Gasteiger partial charge in [-0.2, -0.15) is 4.31 Å². The van der Waals surface area contributed by atoms with Crippen LogP contribution in [0.1, 0.15) is 11.6 Å². The van der Waals surface area contributed by atoms with Crippen LogP contribution in [0.5, 0.6) is 0 Å². The Labute approximate surface area is 116 Å². The van der Waals surface area contributed by atoms with Gasteiger partial charge in [-0.15, -0.1) is 0 Å². The smallest absolute Gasteiger partial charge is 0.243 e. The van der Waals surface area contributed by atoms with Gasteiger partial charge >= 0.3 is 0 Å². The third-order valence-corrected chi connectivity index (χ3v) is 5.18. The summed E-state index contributed by atoms with van der Waals surface area (Å²) in [5, 5.41) is 0.663. The maximum Gasteiger partial charge on any atom is 0.261 e. The van der Waals surface area contributed by atoms with Gasteiger partial charge in [0, 0.05) is 17.8 Å². The largest absolute Gasteiger partial charge is 0.261 e. The quantitative estimate of drug-likeness (QED) is 0.817. The number of aromatic nitrogens is 1. The summed E-state index contributed by atoms with van der Waals surface area (Å²) in [6.45, 7) is 0.447. The molecule has 0 N–H and O–H groups in total. The monoisotopic (exact) mass is 294 g/mol. The second-order valence-corrected chi connectivity index (χ2v) is 6.52. The second-order valence-electron chi connectivity index (χ2n) is 4.28. The molecule has 1 aliphatic rings. The van der Waals surface area contributed by atoms with Crippen LogP contribution in [0.2, 0.25) is 5.02 Å². The van der Waals surface area contributed by atoms with Crippen molar-refractivity contribution in [1.82, 2.24) is 9.29 Å². The van der Waals surface area contributed by atoms with Crippen LogP contribution in [0.15, 0.2) is 53.7 Å². The van der Waals surface area contributed by atoms with E-state index in [9.17, 15) is 8.42 Å². The Hall–Kier alpha value is -1.43. The average Bonchev–Trinajstić information content (AvgIpc) is 3.21. The van der Waals surface area contributed by atoms with Crippen LogP contribution < -0.4 is 0 Å². The second kappa shape index (κ2) is 4.59. The lowest BCUT2D eigenvalue weighted by molar-refractivity contribution is 0.550. The number of pyridine rings is 1. The fraction of sp³-hybridized carbons (Fsp3) is 0.154. The molecule has 0 saturated carbocycles. The van der Waals surface area contributed by atoms with Crippen molar-refractivity contribution in [3.05, 3.63) is 59.2 Å². The molecule has 2 aromatic rings. The molecule has 0 spiro atoms. The highest BCUT2D eigenvalue weighted by atomic mass is 35.5. The molecule has 6 heteroatoms. The highest BCUT2D eigenvalue weighted by molar-refractivity contribution is 7.89. The minimum atomic E-state index is -3.52. The highest BCUT2D eigenvalue weighted by Gasteiger charge is 2.46. The fourth-order valence-corrected chi connectivity index (χ4v) is 3.74. The number of halogens is 1. The van der Waals surface area contributed by atoms with Crippen LogP contribution >= 0.6 is 11.6 Å². The first-order chi connectivity index (χ1) is 9.10. The van der Waals surface area contributed by atoms with Crippen LogP contribution in [0.3, 0.4) is 0 Å². The van der Waals surface area contributed by atoms with Crippen molar-refractivity contribution in [3.8, 4) is 0 Å². The van der Waals surface area contributed by atoms with Gasteiger partial charge in [-0.3, -0.25) is 0 Å². The van der Waals surface area contributed by atoms with Gasteiger partial charge in [-0.25, -0.2) is 13.4 Å². The molecule has 2 heterocycles. The van der Waals surface area contributed by atoms with Crippen LogP contribution in [-0.4, -0.2) is 24.3 Å². The summed E-state index contributed by atoms with van der Waals surface area (Å²) in [6, 6.07) is 12.0. The molecule has 19 heavy (non-hydrogen) atoms. The van der Waals surface area contributed by atoms with Gasteiger partial charge in [0.1, 0.15) is 0 Å². The first-order valence-corrected chi connectivity index (χ1v) is 7.60. The molecule has 1 fully saturated rings. The molecule has 1 aromatic heterocycles. The Kier molecular flexibility index (Phi) is 3.05. The predicted molar refractivity (Wildman–Crippen MR) is 72.3 cm³/mol. The van der Waals surface area contributed by atoms with E-state index in [1.807, 2.05) is 18.2 Å². The van der Waals surface area contributed by atoms with E-state index in [1.165, 1.54) is 16.6 Å². The first-order valence-electron chi connectivity index (χ1n) is 5.78. The van der Waals surface area contributed by atoms with Crippen LogP contribution in [-0.2, 0) is 10.0 Å². The number of sulfonamides is 1. The minimum absolute atomic E-state index is 0.0737. The van der Waals surface area contributed by atoms with Crippen LogP contribution in [0, 0.1) is 0 Å². The molecule has 0 aliphatic carbocycles. The van der Waals surface area contributed by atoms with E-state index in [1.54, 1.807) is 18.2 Å². The van der Waals surface area contributed by atoms with Gasteiger partial charge in [0.15, 0.2) is 5.03 Å². The van der Waals surface area contributed by atoms with Gasteiger partial charge < -0.3 is 0 Å². The molecule has 1 aliphatic heterocycles. The van der Waals surface area contributed by atoms with E-state index in [2.05, 4.69) is 4.98 Å². The van der Waals surface area contributed by atoms with Crippen molar-refractivity contribution in [1.29, 1.82) is 0 Å². The van der Waals surface area contributed by atoms with E-state index in [4.69, 9.17) is 11.6 Å². The Morgan fingerprint density at radius 3 is 2.58 bits per heavy atom. The van der Waals surface area contributed by atoms with Crippen molar-refractivity contribution >= 4 is 21.6 Å². The summed E-state index contributed by atoms with van der Waals surface area (Å²) < 4.78 is 26.0. The zero-order valence-electron chi connectivity index (χ0n) is 9.90. The number of hydrogen-bond donors (Lipinski definition) is 0. The van der Waals surface area contributed by atoms with Crippen molar-refractivity contribution < 1.29 is 8.42 Å². The van der Waals surface area contributed by atoms with Gasteiger partial charge in [0.05, 0.1) is 6.04 Å². The molecule has 1 saturated heterocycles. The zero-order chi connectivity index (χ0) is 13.5. The average molecular weight is 295 g/mol. The maximum absolute atomic E-state index is 12.3. The molecule has 4 nitrogen and oxygen atoms in total. The zero-order valence-corrected chi connectivity index (χ0v) is 11.5. The Bertz CT molecular complexity index is 704. The SMILES string of the molecule is O=S(=O)(c1ccccn1)N1CC1c1ccccc1Cl. The Morgan fingerprint density at radius 2 is 1.89 bits per heavy atom. The van der Waals surface area contributed by atoms with E-state index < -0.39 is 10.0 Å². The molecule has 3 rings (SSSR count). The van der Waals surface area contributed by atoms with Crippen molar-refractivity contribution in [2.75, 3.05) is 6.54 Å². The van der Waals surface area contributed by atoms with E-state index >= 15 is 0 Å². The highest BCUT2D eigenvalue weighted by Crippen LogP contribution is 2.42. The summed E-state index contributed by atoms with van der Waals surface area (Å²) in [6.07, 6.45) is 1.47. The lowest BCUT2D eigenvalue weighted by Crippen LogP contribution is -2.14. The van der Waals surface area contributed by atoms with Gasteiger partial charge in [-0.05, 0) is 23.8 Å². The number of benzene rings is 1. The molecule has 0 radical (unpaired) electrons. The van der Waals surface area contributed by atoms with Crippen LogP contribution in [0.4, 0.5) is 0 Å². The van der Waals surface area contributed by atoms with Gasteiger partial charge in [-0.1, -0.05) is 35.9 Å². The normalized spacial score (nSPS) is 22.2. The van der Waals surface area contributed by atoms with Gasteiger partial charge in [0.25, 0.3) is 10.0 Å². The van der Waals surface area contributed by atoms with E-state index in [0.29, 0.717) is 11.6 Å². The maximum atomic E-state index is 12.3. The lowest BCUT2D eigenvalue weighted by Gasteiger charge is -2.06. The predicted octanol–water partition coefficient (Wildman–Crippen LogP) is 2.48. The third kappa shape index (κ3) is 2.25. The molecule has 2 atom stereocenters. The molecule has 2 unspecified atom stereocenters. The Morgan fingerprint density at radius 1 is 1.16 bits per heavy atom. The van der Waals surface area contributed by atoms with Crippen molar-refractivity contribution in [2.24, 2.45) is 0 Å². The van der Waals surface area contributed by atoms with Crippen molar-refractivity contribution in [3.63, 3.8) is 0 Å². The molecular weight excluding hydrogens is 284 g/mol. The Balaban J connectivity index is 1.90. The first kappa shape index (κ1) is 12.6. The molecule has 1 aromatic carbocycles. The number of nitrogens with zero attached hydrogens (tertiary/aromatic N) is 2. The molecule has 98 valence electrons. The minimum Gasteiger partial charge on any atom is -0.243 e. The van der Waals surface area contributed by atoms with E-state index in [-0.39, 0.29) is 11.1 Å². The van der Waals surface area contributed by atoms with Crippen LogP contribution in [0.25, 0.3) is 0 Å². The summed E-state index contributed by atoms with van der Waals surface area (Å²) in [5.41, 5.74) is 0.837. The summed E-state index contributed by atoms with van der Waals surface area (Å²) in [4.78, 5) is 3.90. The number of hydrogen-bond acceptors (Lipinski definition) is 3. The summed E-state index contributed by atoms with van der Waals surface area (Å²) >= 11 is 6.08. The molecule has 0 bridgehead atoms. The van der Waals surface area contributed by atoms with Gasteiger partial charge in [0.2, 0.25) is 0 Å². The lowest BCUT2D eigenvalue weighted by atomic mass is 10.2. The fourth-order valence-electron chi connectivity index (χ4n) is 2.01. The number of rotatable bonds is 3. The van der Waals surface area contributed by atoms with E-state index in [0.717, 1.165) is 5.56 Å². The molecular formula is C13H11ClN2O2S.